The van der Waals surface area contributed by atoms with Crippen LogP contribution >= 0.6 is 11.5 Å². The maximum absolute atomic E-state index is 11.5. The molecule has 1 aromatic heterocycles. The molecule has 0 aliphatic carbocycles. The summed E-state index contributed by atoms with van der Waals surface area (Å²) in [6.45, 7) is 7.57. The van der Waals surface area contributed by atoms with Crippen LogP contribution in [0.1, 0.15) is 37.6 Å². The van der Waals surface area contributed by atoms with Crippen molar-refractivity contribution >= 4 is 28.3 Å². The zero-order chi connectivity index (χ0) is 13.4. The molecule has 1 amide bonds. The molecule has 2 rings (SSSR count). The monoisotopic (exact) mass is 268 g/mol. The second-order valence-electron chi connectivity index (χ2n) is 5.32. The lowest BCUT2D eigenvalue weighted by atomic mass is 9.86. The number of rotatable bonds is 2. The Morgan fingerprint density at radius 2 is 2.11 bits per heavy atom. The van der Waals surface area contributed by atoms with E-state index in [1.54, 1.807) is 0 Å². The van der Waals surface area contributed by atoms with Crippen LogP contribution in [0.25, 0.3) is 0 Å². The predicted molar refractivity (Wildman–Crippen MR) is 74.8 cm³/mol. The van der Waals surface area contributed by atoms with Gasteiger partial charge >= 0.3 is 0 Å². The van der Waals surface area contributed by atoms with Gasteiger partial charge in [-0.05, 0) is 36.7 Å². The van der Waals surface area contributed by atoms with Crippen LogP contribution in [0, 0.1) is 11.8 Å². The van der Waals surface area contributed by atoms with Gasteiger partial charge in [0.2, 0.25) is 0 Å². The third kappa shape index (κ3) is 2.16. The van der Waals surface area contributed by atoms with E-state index in [2.05, 4.69) is 30.0 Å². The number of carbonyl (C=O) groups is 1. The molecule has 18 heavy (non-hydrogen) atoms. The number of amides is 1. The molecule has 5 nitrogen and oxygen atoms in total. The summed E-state index contributed by atoms with van der Waals surface area (Å²) >= 11 is 1.27. The van der Waals surface area contributed by atoms with Crippen LogP contribution in [0.4, 0.5) is 10.8 Å². The van der Waals surface area contributed by atoms with Crippen LogP contribution in [-0.2, 0) is 0 Å². The lowest BCUT2D eigenvalue weighted by Gasteiger charge is -2.41. The zero-order valence-electron chi connectivity index (χ0n) is 11.0. The Kier molecular flexibility index (Phi) is 3.47. The number of nitrogens with zero attached hydrogens (tertiary/aromatic N) is 2. The maximum Gasteiger partial charge on any atom is 0.255 e. The summed E-state index contributed by atoms with van der Waals surface area (Å²) in [5, 5.41) is 0.825. The predicted octanol–water partition coefficient (Wildman–Crippen LogP) is 1.70. The van der Waals surface area contributed by atoms with Gasteiger partial charge in [0.15, 0.2) is 5.82 Å². The highest BCUT2D eigenvalue weighted by Crippen LogP contribution is 2.37. The van der Waals surface area contributed by atoms with Gasteiger partial charge in [0.05, 0.1) is 0 Å². The van der Waals surface area contributed by atoms with Crippen molar-refractivity contribution in [2.75, 3.05) is 17.2 Å². The number of hydrogen-bond donors (Lipinski definition) is 2. The molecule has 0 aromatic carbocycles. The second kappa shape index (κ2) is 4.76. The van der Waals surface area contributed by atoms with E-state index < -0.39 is 5.91 Å². The van der Waals surface area contributed by atoms with Gasteiger partial charge in [-0.3, -0.25) is 4.79 Å². The summed E-state index contributed by atoms with van der Waals surface area (Å²) in [5.74, 6) is 0.938. The summed E-state index contributed by atoms with van der Waals surface area (Å²) in [5.41, 5.74) is 11.5. The fourth-order valence-corrected chi connectivity index (χ4v) is 3.62. The van der Waals surface area contributed by atoms with Crippen molar-refractivity contribution in [3.63, 3.8) is 0 Å². The average Bonchev–Trinajstić information content (AvgIpc) is 2.65. The Bertz CT molecular complexity index is 459. The van der Waals surface area contributed by atoms with Crippen LogP contribution in [0.15, 0.2) is 0 Å². The molecule has 1 aliphatic rings. The minimum atomic E-state index is -0.491. The van der Waals surface area contributed by atoms with Crippen molar-refractivity contribution in [1.82, 2.24) is 4.37 Å². The van der Waals surface area contributed by atoms with E-state index >= 15 is 0 Å². The van der Waals surface area contributed by atoms with Crippen molar-refractivity contribution in [2.24, 2.45) is 17.6 Å². The molecule has 0 spiro atoms. The van der Waals surface area contributed by atoms with Crippen LogP contribution in [0.2, 0.25) is 0 Å². The van der Waals surface area contributed by atoms with Gasteiger partial charge in [0.1, 0.15) is 10.6 Å². The summed E-state index contributed by atoms with van der Waals surface area (Å²) < 4.78 is 4.07. The Balaban J connectivity index is 2.38. The number of carbonyl (C=O) groups excluding carboxylic acids is 1. The Hall–Kier alpha value is -1.30. The van der Waals surface area contributed by atoms with Gasteiger partial charge in [-0.1, -0.05) is 13.8 Å². The number of nitrogens with two attached hydrogens (primary N) is 2. The van der Waals surface area contributed by atoms with Gasteiger partial charge in [-0.25, -0.2) is 0 Å². The smallest absolute Gasteiger partial charge is 0.255 e. The highest BCUT2D eigenvalue weighted by molar-refractivity contribution is 7.11. The van der Waals surface area contributed by atoms with Crippen LogP contribution in [0.3, 0.4) is 0 Å². The van der Waals surface area contributed by atoms with E-state index in [0.717, 1.165) is 11.5 Å². The molecule has 1 aromatic rings. The summed E-state index contributed by atoms with van der Waals surface area (Å²) in [6.07, 6.45) is 1.21. The van der Waals surface area contributed by atoms with Crippen molar-refractivity contribution in [3.8, 4) is 0 Å². The topological polar surface area (TPSA) is 85.2 Å². The van der Waals surface area contributed by atoms with E-state index in [0.29, 0.717) is 23.4 Å². The molecular formula is C12H20N4OS. The van der Waals surface area contributed by atoms with Gasteiger partial charge in [-0.15, -0.1) is 0 Å². The number of hydrogen-bond acceptors (Lipinski definition) is 5. The Labute approximate surface area is 111 Å². The lowest BCUT2D eigenvalue weighted by molar-refractivity contribution is 0.100. The SMILES string of the molecule is CC1CC(C)C(C)N(c2snc(N)c2C(N)=O)C1. The molecule has 0 radical (unpaired) electrons. The third-order valence-corrected chi connectivity index (χ3v) is 4.70. The number of nitrogen functional groups attached to an aromatic ring is 1. The highest BCUT2D eigenvalue weighted by atomic mass is 32.1. The quantitative estimate of drug-likeness (QED) is 0.854. The fourth-order valence-electron chi connectivity index (χ4n) is 2.70. The second-order valence-corrected chi connectivity index (χ2v) is 6.08. The standard InChI is InChI=1S/C12H20N4OS/c1-6-4-7(2)8(3)16(5-6)12-9(11(14)17)10(13)15-18-12/h6-8H,4-5H2,1-3H3,(H2,13,15)(H2,14,17). The minimum absolute atomic E-state index is 0.251. The minimum Gasteiger partial charge on any atom is -0.382 e. The molecule has 100 valence electrons. The number of anilines is 2. The van der Waals surface area contributed by atoms with E-state index in [4.69, 9.17) is 11.5 Å². The lowest BCUT2D eigenvalue weighted by Crippen LogP contribution is -2.46. The molecule has 1 fully saturated rings. The molecule has 4 N–H and O–H groups in total. The van der Waals surface area contributed by atoms with Crippen LogP contribution in [-0.4, -0.2) is 22.9 Å². The molecular weight excluding hydrogens is 248 g/mol. The van der Waals surface area contributed by atoms with Crippen molar-refractivity contribution in [2.45, 2.75) is 33.2 Å². The number of piperidine rings is 1. The Morgan fingerprint density at radius 3 is 2.72 bits per heavy atom. The fraction of sp³-hybridized carbons (Fsp3) is 0.667. The van der Waals surface area contributed by atoms with Gasteiger partial charge in [0, 0.05) is 12.6 Å². The largest absolute Gasteiger partial charge is 0.382 e. The average molecular weight is 268 g/mol. The summed E-state index contributed by atoms with van der Waals surface area (Å²) in [6, 6.07) is 0.374. The first-order valence-corrected chi connectivity index (χ1v) is 7.00. The molecule has 3 atom stereocenters. The van der Waals surface area contributed by atoms with E-state index in [1.165, 1.54) is 18.0 Å². The first-order chi connectivity index (χ1) is 8.41. The van der Waals surface area contributed by atoms with Crippen molar-refractivity contribution in [3.05, 3.63) is 5.56 Å². The molecule has 3 unspecified atom stereocenters. The Morgan fingerprint density at radius 1 is 1.44 bits per heavy atom. The van der Waals surface area contributed by atoms with Crippen molar-refractivity contribution in [1.29, 1.82) is 0 Å². The zero-order valence-corrected chi connectivity index (χ0v) is 11.8. The first-order valence-electron chi connectivity index (χ1n) is 6.23. The highest BCUT2D eigenvalue weighted by Gasteiger charge is 2.32. The molecule has 2 heterocycles. The number of primary amides is 1. The molecule has 0 bridgehead atoms. The van der Waals surface area contributed by atoms with Gasteiger partial charge in [0.25, 0.3) is 5.91 Å². The van der Waals surface area contributed by atoms with Gasteiger partial charge < -0.3 is 16.4 Å². The molecule has 1 aliphatic heterocycles. The van der Waals surface area contributed by atoms with Crippen LogP contribution < -0.4 is 16.4 Å². The third-order valence-electron chi connectivity index (χ3n) is 3.81. The summed E-state index contributed by atoms with van der Waals surface area (Å²) in [7, 11) is 0. The number of aromatic nitrogens is 1. The van der Waals surface area contributed by atoms with Gasteiger partial charge in [-0.2, -0.15) is 4.37 Å². The van der Waals surface area contributed by atoms with E-state index in [9.17, 15) is 4.79 Å². The maximum atomic E-state index is 11.5. The van der Waals surface area contributed by atoms with E-state index in [-0.39, 0.29) is 5.82 Å². The van der Waals surface area contributed by atoms with E-state index in [1.807, 2.05) is 0 Å². The molecule has 6 heteroatoms. The molecule has 0 saturated carbocycles. The van der Waals surface area contributed by atoms with Crippen molar-refractivity contribution < 1.29 is 4.79 Å². The summed E-state index contributed by atoms with van der Waals surface area (Å²) in [4.78, 5) is 13.7. The first kappa shape index (κ1) is 13.1. The molecule has 1 saturated heterocycles. The van der Waals surface area contributed by atoms with Crippen LogP contribution in [0.5, 0.6) is 0 Å². The normalized spacial score (nSPS) is 28.4.